The molecule has 270 valence electrons. The average Bonchev–Trinajstić information content (AvgIpc) is 3.88. The number of fused-ring (bicyclic) bond motifs is 9. The first-order valence-corrected chi connectivity index (χ1v) is 21.2. The third-order valence-electron chi connectivity index (χ3n) is 11.4. The van der Waals surface area contributed by atoms with E-state index in [1.54, 1.807) is 0 Å². The molecule has 0 aliphatic heterocycles. The topological polar surface area (TPSA) is 43.6 Å². The van der Waals surface area contributed by atoms with Crippen molar-refractivity contribution in [2.24, 2.45) is 0 Å². The monoisotopic (exact) mass is 804 g/mol. The Morgan fingerprint density at radius 3 is 1.91 bits per heavy atom. The van der Waals surface area contributed by atoms with Gasteiger partial charge in [0.1, 0.15) is 5.82 Å². The van der Waals surface area contributed by atoms with Crippen LogP contribution in [0, 0.1) is 0 Å². The predicted molar refractivity (Wildman–Crippen MR) is 243 cm³/mol. The van der Waals surface area contributed by atoms with Crippen LogP contribution < -0.4 is 0 Å². The molecule has 5 heteroatoms. The molecule has 0 saturated heterocycles. The Bertz CT molecular complexity index is 3550. The van der Waals surface area contributed by atoms with Crippen LogP contribution in [0.3, 0.4) is 0 Å². The Hall–Kier alpha value is -7.17. The van der Waals surface area contributed by atoms with Gasteiger partial charge < -0.3 is 0 Å². The van der Waals surface area contributed by atoms with Crippen LogP contribution in [0.15, 0.2) is 194 Å². The van der Waals surface area contributed by atoms with E-state index in [9.17, 15) is 0 Å². The molecule has 0 unspecified atom stereocenters. The van der Waals surface area contributed by atoms with Crippen molar-refractivity contribution in [2.45, 2.75) is 0 Å². The third-order valence-corrected chi connectivity index (χ3v) is 14.0. The molecular formula is C53H32N4Se. The molecule has 12 aromatic rings. The molecule has 0 amide bonds. The van der Waals surface area contributed by atoms with Gasteiger partial charge in [0.25, 0.3) is 0 Å². The van der Waals surface area contributed by atoms with Gasteiger partial charge in [0, 0.05) is 11.3 Å². The van der Waals surface area contributed by atoms with E-state index in [0.717, 1.165) is 83.6 Å². The molecule has 0 N–H and O–H groups in total. The summed E-state index contributed by atoms with van der Waals surface area (Å²) in [6.45, 7) is 0. The number of benzene rings is 9. The van der Waals surface area contributed by atoms with Crippen molar-refractivity contribution < 1.29 is 0 Å². The zero-order valence-electron chi connectivity index (χ0n) is 31.2. The summed E-state index contributed by atoms with van der Waals surface area (Å²) in [6.07, 6.45) is 0. The van der Waals surface area contributed by atoms with E-state index in [-0.39, 0.29) is 14.5 Å². The summed E-state index contributed by atoms with van der Waals surface area (Å²) in [7, 11) is 0. The minimum absolute atomic E-state index is 0.187. The Morgan fingerprint density at radius 1 is 0.431 bits per heavy atom. The number of rotatable bonds is 5. The maximum atomic E-state index is 5.44. The second kappa shape index (κ2) is 13.2. The normalized spacial score (nSPS) is 11.8. The predicted octanol–water partition coefficient (Wildman–Crippen LogP) is 13.3. The standard InChI is InChI=1S/C53H32N4Se/c1-4-13-35(14-5-1)49-44-32-38(27-29-45(44)54-52(55-49)42-21-12-20-41-40-19-10-11-22-47(40)58-51(41)42)37-26-24-33-23-25-34-28-30-46-50(48(34)43(33)31-37)56-53(36-15-6-2-7-16-36)57(46)39-17-8-3-9-18-39/h1-32H. The summed E-state index contributed by atoms with van der Waals surface area (Å²) in [5.41, 5.74) is 10.6. The molecule has 12 rings (SSSR count). The molecule has 0 aliphatic rings. The van der Waals surface area contributed by atoms with Crippen molar-refractivity contribution in [2.75, 3.05) is 0 Å². The Balaban J connectivity index is 1.06. The number of hydrogen-bond acceptors (Lipinski definition) is 3. The molecule has 0 fully saturated rings. The molecule has 3 heterocycles. The van der Waals surface area contributed by atoms with Crippen molar-refractivity contribution in [3.05, 3.63) is 194 Å². The van der Waals surface area contributed by atoms with Gasteiger partial charge in [-0.2, -0.15) is 0 Å². The maximum absolute atomic E-state index is 5.44. The summed E-state index contributed by atoms with van der Waals surface area (Å²) in [5.74, 6) is 1.70. The zero-order chi connectivity index (χ0) is 38.2. The molecule has 0 radical (unpaired) electrons. The summed E-state index contributed by atoms with van der Waals surface area (Å²) < 4.78 is 5.06. The van der Waals surface area contributed by atoms with E-state index in [1.807, 2.05) is 0 Å². The van der Waals surface area contributed by atoms with Crippen molar-refractivity contribution in [1.82, 2.24) is 19.5 Å². The molecule has 4 nitrogen and oxygen atoms in total. The van der Waals surface area contributed by atoms with E-state index in [1.165, 1.54) is 30.1 Å². The van der Waals surface area contributed by atoms with Crippen LogP contribution in [-0.4, -0.2) is 34.0 Å². The van der Waals surface area contributed by atoms with Crippen LogP contribution in [0.5, 0.6) is 0 Å². The van der Waals surface area contributed by atoms with Gasteiger partial charge in [0.15, 0.2) is 0 Å². The summed E-state index contributed by atoms with van der Waals surface area (Å²) in [6, 6.07) is 69.3. The molecule has 0 aliphatic carbocycles. The number of hydrogen-bond donors (Lipinski definition) is 0. The summed E-state index contributed by atoms with van der Waals surface area (Å²) in [5, 5.41) is 8.34. The van der Waals surface area contributed by atoms with Gasteiger partial charge in [-0.05, 0) is 23.6 Å². The van der Waals surface area contributed by atoms with E-state index in [2.05, 4.69) is 199 Å². The fraction of sp³-hybridized carbons (Fsp3) is 0. The molecule has 0 atom stereocenters. The van der Waals surface area contributed by atoms with Gasteiger partial charge in [-0.25, -0.2) is 4.98 Å². The average molecular weight is 804 g/mol. The number of aromatic nitrogens is 4. The molecule has 0 bridgehead atoms. The number of nitrogens with zero attached hydrogens (tertiary/aromatic N) is 4. The first-order valence-electron chi connectivity index (χ1n) is 19.5. The van der Waals surface area contributed by atoms with Gasteiger partial charge in [-0.1, -0.05) is 66.7 Å². The second-order valence-corrected chi connectivity index (χ2v) is 17.0. The fourth-order valence-electron chi connectivity index (χ4n) is 8.65. The van der Waals surface area contributed by atoms with Gasteiger partial charge in [-0.3, -0.25) is 4.57 Å². The van der Waals surface area contributed by atoms with E-state index >= 15 is 0 Å². The Kier molecular flexibility index (Phi) is 7.52. The van der Waals surface area contributed by atoms with Gasteiger partial charge in [-0.15, -0.1) is 0 Å². The first-order chi connectivity index (χ1) is 28.7. The molecular weight excluding hydrogens is 772 g/mol. The van der Waals surface area contributed by atoms with Crippen molar-refractivity contribution >= 4 is 77.3 Å². The van der Waals surface area contributed by atoms with Crippen molar-refractivity contribution in [3.8, 4) is 50.8 Å². The fourth-order valence-corrected chi connectivity index (χ4v) is 11.2. The van der Waals surface area contributed by atoms with Crippen LogP contribution in [-0.2, 0) is 0 Å². The minimum atomic E-state index is 0.187. The van der Waals surface area contributed by atoms with Gasteiger partial charge in [0.2, 0.25) is 0 Å². The zero-order valence-corrected chi connectivity index (χ0v) is 32.9. The Morgan fingerprint density at radius 2 is 1.09 bits per heavy atom. The quantitative estimate of drug-likeness (QED) is 0.129. The molecule has 0 saturated carbocycles. The third kappa shape index (κ3) is 5.25. The van der Waals surface area contributed by atoms with Crippen LogP contribution in [0.25, 0.3) is 114 Å². The van der Waals surface area contributed by atoms with Crippen molar-refractivity contribution in [1.29, 1.82) is 0 Å². The van der Waals surface area contributed by atoms with Crippen LogP contribution in [0.4, 0.5) is 0 Å². The molecule has 0 spiro atoms. The number of para-hydroxylation sites is 1. The van der Waals surface area contributed by atoms with Crippen molar-refractivity contribution in [3.63, 3.8) is 0 Å². The molecule has 58 heavy (non-hydrogen) atoms. The first kappa shape index (κ1) is 33.0. The van der Waals surface area contributed by atoms with Gasteiger partial charge in [0.05, 0.1) is 11.0 Å². The van der Waals surface area contributed by atoms with Crippen LogP contribution in [0.2, 0.25) is 0 Å². The SMILES string of the molecule is c1ccc(-c2nc(-c3cccc4c3[se]c3ccccc34)nc3ccc(-c4ccc5ccc6ccc7c(nc(-c8ccccc8)n7-c7ccccc7)c6c5c4)cc23)cc1. The Labute approximate surface area is 340 Å². The van der Waals surface area contributed by atoms with Crippen LogP contribution >= 0.6 is 0 Å². The van der Waals surface area contributed by atoms with E-state index in [0.29, 0.717) is 0 Å². The number of imidazole rings is 1. The second-order valence-electron chi connectivity index (χ2n) is 14.8. The molecule has 3 aromatic heterocycles. The summed E-state index contributed by atoms with van der Waals surface area (Å²) >= 11 is 0.187. The van der Waals surface area contributed by atoms with Gasteiger partial charge >= 0.3 is 214 Å². The van der Waals surface area contributed by atoms with E-state index < -0.39 is 0 Å². The van der Waals surface area contributed by atoms with Crippen LogP contribution in [0.1, 0.15) is 0 Å². The van der Waals surface area contributed by atoms with E-state index in [4.69, 9.17) is 15.0 Å². The summed E-state index contributed by atoms with van der Waals surface area (Å²) in [4.78, 5) is 16.1. The molecule has 9 aromatic carbocycles.